The normalized spacial score (nSPS) is 21.1. The fourth-order valence-corrected chi connectivity index (χ4v) is 3.68. The van der Waals surface area contributed by atoms with E-state index >= 15 is 0 Å². The zero-order valence-electron chi connectivity index (χ0n) is 10.9. The Morgan fingerprint density at radius 2 is 2.30 bits per heavy atom. The van der Waals surface area contributed by atoms with Crippen LogP contribution in [-0.4, -0.2) is 52.6 Å². The Morgan fingerprint density at radius 3 is 2.95 bits per heavy atom. The molecule has 0 aromatic carbocycles. The molecule has 0 radical (unpaired) electrons. The van der Waals surface area contributed by atoms with E-state index in [1.165, 1.54) is 16.7 Å². The van der Waals surface area contributed by atoms with Crippen LogP contribution in [0.2, 0.25) is 0 Å². The van der Waals surface area contributed by atoms with Crippen molar-refractivity contribution in [2.24, 2.45) is 0 Å². The van der Waals surface area contributed by atoms with E-state index in [2.05, 4.69) is 20.2 Å². The number of rotatable bonds is 3. The molecule has 1 fully saturated rings. The van der Waals surface area contributed by atoms with Crippen LogP contribution < -0.4 is 0 Å². The van der Waals surface area contributed by atoms with Gasteiger partial charge >= 0.3 is 0 Å². The molecule has 2 aromatic rings. The lowest BCUT2D eigenvalue weighted by molar-refractivity contribution is 0.0292. The third-order valence-electron chi connectivity index (χ3n) is 3.20. The Morgan fingerprint density at radius 1 is 1.45 bits per heavy atom. The summed E-state index contributed by atoms with van der Waals surface area (Å²) >= 11 is 0. The first-order valence-corrected chi connectivity index (χ1v) is 7.63. The minimum Gasteiger partial charge on any atom is -0.378 e. The first-order chi connectivity index (χ1) is 9.59. The van der Waals surface area contributed by atoms with E-state index in [0.717, 1.165) is 5.69 Å². The highest BCUT2D eigenvalue weighted by molar-refractivity contribution is 7.89. The van der Waals surface area contributed by atoms with E-state index in [0.29, 0.717) is 12.4 Å². The maximum Gasteiger partial charge on any atom is 0.247 e. The highest BCUT2D eigenvalue weighted by atomic mass is 32.2. The quantitative estimate of drug-likeness (QED) is 0.842. The Labute approximate surface area is 116 Å². The van der Waals surface area contributed by atoms with E-state index in [9.17, 15) is 8.42 Å². The van der Waals surface area contributed by atoms with Crippen molar-refractivity contribution in [2.75, 3.05) is 19.8 Å². The van der Waals surface area contributed by atoms with Crippen LogP contribution in [0.5, 0.6) is 0 Å². The van der Waals surface area contributed by atoms with Gasteiger partial charge < -0.3 is 9.72 Å². The molecule has 2 aromatic heterocycles. The molecule has 0 bridgehead atoms. The maximum atomic E-state index is 12.6. The van der Waals surface area contributed by atoms with Gasteiger partial charge in [-0.25, -0.2) is 13.4 Å². The summed E-state index contributed by atoms with van der Waals surface area (Å²) in [5, 5.41) is 6.22. The number of hydrogen-bond acceptors (Lipinski definition) is 5. The molecule has 0 amide bonds. The fourth-order valence-electron chi connectivity index (χ4n) is 2.21. The predicted octanol–water partition coefficient (Wildman–Crippen LogP) is 0.203. The largest absolute Gasteiger partial charge is 0.378 e. The molecule has 0 unspecified atom stereocenters. The molecule has 1 aliphatic heterocycles. The van der Waals surface area contributed by atoms with Crippen LogP contribution in [0.15, 0.2) is 23.5 Å². The minimum atomic E-state index is -3.61. The highest BCUT2D eigenvalue weighted by Gasteiger charge is 2.36. The number of aromatic nitrogens is 4. The van der Waals surface area contributed by atoms with Crippen LogP contribution in [0, 0.1) is 6.92 Å². The first kappa shape index (κ1) is 13.3. The Bertz CT molecular complexity index is 679. The molecule has 0 spiro atoms. The number of morpholine rings is 1. The van der Waals surface area contributed by atoms with Crippen molar-refractivity contribution < 1.29 is 13.2 Å². The van der Waals surface area contributed by atoms with Gasteiger partial charge in [-0.05, 0) is 6.92 Å². The van der Waals surface area contributed by atoms with E-state index in [-0.39, 0.29) is 18.0 Å². The van der Waals surface area contributed by atoms with Crippen LogP contribution in [-0.2, 0) is 14.8 Å². The van der Waals surface area contributed by atoms with Gasteiger partial charge in [-0.15, -0.1) is 0 Å². The second-order valence-electron chi connectivity index (χ2n) is 4.59. The van der Waals surface area contributed by atoms with E-state index < -0.39 is 16.1 Å². The van der Waals surface area contributed by atoms with Crippen LogP contribution in [0.1, 0.15) is 17.6 Å². The predicted molar refractivity (Wildman–Crippen MR) is 69.4 cm³/mol. The van der Waals surface area contributed by atoms with Gasteiger partial charge in [0.1, 0.15) is 16.8 Å². The smallest absolute Gasteiger partial charge is 0.247 e. The molecule has 9 heteroatoms. The van der Waals surface area contributed by atoms with E-state index in [1.54, 1.807) is 6.20 Å². The first-order valence-electron chi connectivity index (χ1n) is 6.19. The van der Waals surface area contributed by atoms with Gasteiger partial charge in [-0.1, -0.05) is 0 Å². The molecule has 1 saturated heterocycles. The van der Waals surface area contributed by atoms with Gasteiger partial charge in [0.05, 0.1) is 19.4 Å². The van der Waals surface area contributed by atoms with Crippen molar-refractivity contribution in [1.82, 2.24) is 24.5 Å². The Hall–Kier alpha value is -1.71. The lowest BCUT2D eigenvalue weighted by atomic mass is 10.2. The van der Waals surface area contributed by atoms with Gasteiger partial charge in [-0.2, -0.15) is 9.40 Å². The number of H-pyrrole nitrogens is 2. The summed E-state index contributed by atoms with van der Waals surface area (Å²) in [7, 11) is -3.61. The third kappa shape index (κ3) is 2.23. The van der Waals surface area contributed by atoms with Crippen molar-refractivity contribution in [2.45, 2.75) is 17.9 Å². The van der Waals surface area contributed by atoms with Gasteiger partial charge in [0.25, 0.3) is 0 Å². The average molecular weight is 297 g/mol. The van der Waals surface area contributed by atoms with Crippen LogP contribution in [0.25, 0.3) is 0 Å². The van der Waals surface area contributed by atoms with Crippen molar-refractivity contribution in [1.29, 1.82) is 0 Å². The van der Waals surface area contributed by atoms with Crippen LogP contribution >= 0.6 is 0 Å². The molecule has 20 heavy (non-hydrogen) atoms. The SMILES string of the molecule is Cc1cnc([C@H]2COCCN2S(=O)(=O)c2cn[nH]c2)[nH]1. The molecule has 0 aliphatic carbocycles. The van der Waals surface area contributed by atoms with Gasteiger partial charge in [-0.3, -0.25) is 5.10 Å². The summed E-state index contributed by atoms with van der Waals surface area (Å²) in [5.41, 5.74) is 0.881. The summed E-state index contributed by atoms with van der Waals surface area (Å²) < 4.78 is 32.0. The molecule has 0 saturated carbocycles. The summed E-state index contributed by atoms with van der Waals surface area (Å²) in [6.07, 6.45) is 4.34. The molecule has 1 aliphatic rings. The number of ether oxygens (including phenoxy) is 1. The molecule has 3 heterocycles. The summed E-state index contributed by atoms with van der Waals surface area (Å²) in [6, 6.07) is -0.447. The average Bonchev–Trinajstić information content (AvgIpc) is 3.10. The van der Waals surface area contributed by atoms with Crippen molar-refractivity contribution >= 4 is 10.0 Å². The Balaban J connectivity index is 1.97. The van der Waals surface area contributed by atoms with Crippen molar-refractivity contribution in [3.8, 4) is 0 Å². The lowest BCUT2D eigenvalue weighted by Crippen LogP contribution is -2.43. The van der Waals surface area contributed by atoms with Gasteiger partial charge in [0.15, 0.2) is 0 Å². The number of nitrogens with zero attached hydrogens (tertiary/aromatic N) is 3. The number of aryl methyl sites for hydroxylation is 1. The second-order valence-corrected chi connectivity index (χ2v) is 6.48. The lowest BCUT2D eigenvalue weighted by Gasteiger charge is -2.32. The Kier molecular flexibility index (Phi) is 3.32. The van der Waals surface area contributed by atoms with Crippen molar-refractivity contribution in [3.63, 3.8) is 0 Å². The molecule has 3 rings (SSSR count). The summed E-state index contributed by atoms with van der Waals surface area (Å²) in [6.45, 7) is 2.81. The highest BCUT2D eigenvalue weighted by Crippen LogP contribution is 2.28. The molecule has 8 nitrogen and oxygen atoms in total. The zero-order chi connectivity index (χ0) is 14.2. The number of hydrogen-bond donors (Lipinski definition) is 2. The van der Waals surface area contributed by atoms with Gasteiger partial charge in [0, 0.05) is 24.6 Å². The number of sulfonamides is 1. The monoisotopic (exact) mass is 297 g/mol. The summed E-state index contributed by atoms with van der Waals surface area (Å²) in [4.78, 5) is 7.44. The maximum absolute atomic E-state index is 12.6. The molecule has 108 valence electrons. The van der Waals surface area contributed by atoms with E-state index in [4.69, 9.17) is 4.74 Å². The topological polar surface area (TPSA) is 104 Å². The van der Waals surface area contributed by atoms with Crippen LogP contribution in [0.3, 0.4) is 0 Å². The number of aromatic amines is 2. The minimum absolute atomic E-state index is 0.146. The number of imidazole rings is 1. The molecular formula is C11H15N5O3S. The van der Waals surface area contributed by atoms with E-state index in [1.807, 2.05) is 6.92 Å². The summed E-state index contributed by atoms with van der Waals surface area (Å²) in [5.74, 6) is 0.592. The fraction of sp³-hybridized carbons (Fsp3) is 0.455. The van der Waals surface area contributed by atoms with Crippen LogP contribution in [0.4, 0.5) is 0 Å². The molecule has 1 atom stereocenters. The number of nitrogens with one attached hydrogen (secondary N) is 2. The standard InChI is InChI=1S/C11H15N5O3S/c1-8-4-12-11(15-8)10-7-19-3-2-16(10)20(17,18)9-5-13-14-6-9/h4-6,10H,2-3,7H2,1H3,(H,12,15)(H,13,14)/t10-/m1/s1. The molecule has 2 N–H and O–H groups in total. The zero-order valence-corrected chi connectivity index (χ0v) is 11.7. The third-order valence-corrected chi connectivity index (χ3v) is 5.07. The molecular weight excluding hydrogens is 282 g/mol. The van der Waals surface area contributed by atoms with Crippen molar-refractivity contribution in [3.05, 3.63) is 30.1 Å². The second kappa shape index (κ2) is 5.00. The van der Waals surface area contributed by atoms with Gasteiger partial charge in [0.2, 0.25) is 10.0 Å².